The van der Waals surface area contributed by atoms with E-state index in [1.807, 2.05) is 0 Å². The van der Waals surface area contributed by atoms with E-state index in [4.69, 9.17) is 11.5 Å². The number of anilines is 1. The van der Waals surface area contributed by atoms with E-state index in [-0.39, 0.29) is 23.6 Å². The first-order valence-electron chi connectivity index (χ1n) is 5.62. The Kier molecular flexibility index (Phi) is 3.20. The van der Waals surface area contributed by atoms with Gasteiger partial charge in [0, 0.05) is 12.1 Å². The molecule has 1 fully saturated rings. The molecule has 1 heterocycles. The molecule has 1 saturated heterocycles. The maximum Gasteiger partial charge on any atom is 0.251 e. The summed E-state index contributed by atoms with van der Waals surface area (Å²) in [5, 5.41) is 0. The van der Waals surface area contributed by atoms with E-state index >= 15 is 0 Å². The lowest BCUT2D eigenvalue weighted by Gasteiger charge is -2.22. The predicted molar refractivity (Wildman–Crippen MR) is 64.6 cm³/mol. The van der Waals surface area contributed by atoms with Gasteiger partial charge in [0.25, 0.3) is 5.91 Å². The van der Waals surface area contributed by atoms with Crippen LogP contribution in [0, 0.1) is 5.82 Å². The minimum Gasteiger partial charge on any atom is -0.368 e. The summed E-state index contributed by atoms with van der Waals surface area (Å²) in [5.41, 5.74) is 10.1. The molecule has 0 bridgehead atoms. The first-order chi connectivity index (χ1) is 8.91. The highest BCUT2D eigenvalue weighted by molar-refractivity contribution is 6.03. The van der Waals surface area contributed by atoms with Crippen LogP contribution in [-0.4, -0.2) is 23.8 Å². The third kappa shape index (κ3) is 2.26. The molecule has 0 radical (unpaired) electrons. The molecule has 19 heavy (non-hydrogen) atoms. The van der Waals surface area contributed by atoms with Gasteiger partial charge in [-0.25, -0.2) is 4.39 Å². The number of rotatable bonds is 3. The van der Waals surface area contributed by atoms with E-state index in [2.05, 4.69) is 0 Å². The summed E-state index contributed by atoms with van der Waals surface area (Å²) in [7, 11) is 0. The second kappa shape index (κ2) is 4.68. The Morgan fingerprint density at radius 2 is 2.00 bits per heavy atom. The summed E-state index contributed by atoms with van der Waals surface area (Å²) in [5.74, 6) is -2.70. The van der Waals surface area contributed by atoms with Gasteiger partial charge < -0.3 is 11.5 Å². The van der Waals surface area contributed by atoms with E-state index in [0.29, 0.717) is 6.42 Å². The van der Waals surface area contributed by atoms with Crippen LogP contribution < -0.4 is 16.4 Å². The van der Waals surface area contributed by atoms with Gasteiger partial charge in [-0.2, -0.15) is 0 Å². The van der Waals surface area contributed by atoms with Gasteiger partial charge in [-0.3, -0.25) is 19.3 Å². The second-order valence-electron chi connectivity index (χ2n) is 4.25. The fraction of sp³-hybridized carbons (Fsp3) is 0.250. The van der Waals surface area contributed by atoms with Gasteiger partial charge in [-0.15, -0.1) is 0 Å². The minimum absolute atomic E-state index is 0.173. The second-order valence-corrected chi connectivity index (χ2v) is 4.25. The predicted octanol–water partition coefficient (Wildman–Crippen LogP) is -0.0947. The summed E-state index contributed by atoms with van der Waals surface area (Å²) in [6.07, 6.45) is 0.472. The Morgan fingerprint density at radius 1 is 1.32 bits per heavy atom. The zero-order chi connectivity index (χ0) is 14.2. The van der Waals surface area contributed by atoms with Crippen molar-refractivity contribution in [2.45, 2.75) is 18.9 Å². The van der Waals surface area contributed by atoms with Crippen LogP contribution in [0.15, 0.2) is 18.2 Å². The molecule has 1 aliphatic rings. The van der Waals surface area contributed by atoms with Crippen molar-refractivity contribution in [3.8, 4) is 0 Å². The Hall–Kier alpha value is -2.44. The van der Waals surface area contributed by atoms with Gasteiger partial charge in [-0.1, -0.05) is 0 Å². The zero-order valence-corrected chi connectivity index (χ0v) is 9.93. The number of nitrogens with two attached hydrogens (primary N) is 2. The average molecular weight is 265 g/mol. The van der Waals surface area contributed by atoms with E-state index in [1.54, 1.807) is 0 Å². The van der Waals surface area contributed by atoms with Crippen LogP contribution in [0.25, 0.3) is 0 Å². The summed E-state index contributed by atoms with van der Waals surface area (Å²) in [6.45, 7) is 0. The molecule has 6 nitrogen and oxygen atoms in total. The number of halogens is 1. The average Bonchev–Trinajstić information content (AvgIpc) is 2.70. The van der Waals surface area contributed by atoms with Crippen LogP contribution in [0.5, 0.6) is 0 Å². The fourth-order valence-corrected chi connectivity index (χ4v) is 2.13. The summed E-state index contributed by atoms with van der Waals surface area (Å²) >= 11 is 0. The number of nitrogens with zero attached hydrogens (tertiary/aromatic N) is 1. The van der Waals surface area contributed by atoms with E-state index in [1.165, 1.54) is 12.1 Å². The number of hydrogen-bond donors (Lipinski definition) is 2. The number of primary amides is 2. The molecule has 3 amide bonds. The summed E-state index contributed by atoms with van der Waals surface area (Å²) < 4.78 is 13.7. The zero-order valence-electron chi connectivity index (χ0n) is 9.93. The fourth-order valence-electron chi connectivity index (χ4n) is 2.13. The maximum atomic E-state index is 13.7. The first-order valence-corrected chi connectivity index (χ1v) is 5.62. The van der Waals surface area contributed by atoms with Crippen molar-refractivity contribution in [1.82, 2.24) is 0 Å². The molecular weight excluding hydrogens is 253 g/mol. The lowest BCUT2D eigenvalue weighted by atomic mass is 10.1. The number of hydrogen-bond acceptors (Lipinski definition) is 3. The SMILES string of the molecule is NC(=O)c1ccc(N2C(=O)CCC2C(N)=O)cc1F. The molecule has 1 aliphatic heterocycles. The molecule has 0 aromatic heterocycles. The first kappa shape index (κ1) is 13.0. The van der Waals surface area contributed by atoms with E-state index in [0.717, 1.165) is 11.0 Å². The number of benzene rings is 1. The van der Waals surface area contributed by atoms with Crippen LogP contribution in [0.3, 0.4) is 0 Å². The summed E-state index contributed by atoms with van der Waals surface area (Å²) in [4.78, 5) is 35.0. The minimum atomic E-state index is -0.900. The Bertz CT molecular complexity index is 573. The van der Waals surface area contributed by atoms with E-state index in [9.17, 15) is 18.8 Å². The smallest absolute Gasteiger partial charge is 0.251 e. The quantitative estimate of drug-likeness (QED) is 0.797. The molecule has 0 aliphatic carbocycles. The highest BCUT2D eigenvalue weighted by Crippen LogP contribution is 2.27. The standard InChI is InChI=1S/C12H12FN3O3/c13-8-5-6(1-2-7(8)11(14)18)16-9(12(15)19)3-4-10(16)17/h1-2,5,9H,3-4H2,(H2,14,18)(H2,15,19). The van der Waals surface area contributed by atoms with Crippen molar-refractivity contribution in [3.63, 3.8) is 0 Å². The van der Waals surface area contributed by atoms with E-state index < -0.39 is 23.7 Å². The third-order valence-corrected chi connectivity index (χ3v) is 3.04. The molecule has 1 atom stereocenters. The third-order valence-electron chi connectivity index (χ3n) is 3.04. The van der Waals surface area contributed by atoms with Crippen molar-refractivity contribution in [1.29, 1.82) is 0 Å². The molecular formula is C12H12FN3O3. The van der Waals surface area contributed by atoms with Gasteiger partial charge in [0.05, 0.1) is 5.56 Å². The Morgan fingerprint density at radius 3 is 2.53 bits per heavy atom. The van der Waals surface area contributed by atoms with Crippen molar-refractivity contribution < 1.29 is 18.8 Å². The molecule has 0 spiro atoms. The Labute approximate surface area is 108 Å². The highest BCUT2D eigenvalue weighted by Gasteiger charge is 2.36. The van der Waals surface area contributed by atoms with Gasteiger partial charge in [0.15, 0.2) is 0 Å². The molecule has 4 N–H and O–H groups in total. The normalized spacial score (nSPS) is 18.7. The maximum absolute atomic E-state index is 13.7. The number of amides is 3. The lowest BCUT2D eigenvalue weighted by molar-refractivity contribution is -0.121. The van der Waals surface area contributed by atoms with Crippen LogP contribution in [-0.2, 0) is 9.59 Å². The Balaban J connectivity index is 2.41. The van der Waals surface area contributed by atoms with Crippen molar-refractivity contribution in [3.05, 3.63) is 29.6 Å². The highest BCUT2D eigenvalue weighted by atomic mass is 19.1. The molecule has 7 heteroatoms. The van der Waals surface area contributed by atoms with Gasteiger partial charge >= 0.3 is 0 Å². The topological polar surface area (TPSA) is 106 Å². The lowest BCUT2D eigenvalue weighted by Crippen LogP contribution is -2.42. The largest absolute Gasteiger partial charge is 0.368 e. The molecule has 1 aromatic rings. The van der Waals surface area contributed by atoms with Gasteiger partial charge in [0.1, 0.15) is 11.9 Å². The molecule has 0 saturated carbocycles. The van der Waals surface area contributed by atoms with Crippen LogP contribution in [0.1, 0.15) is 23.2 Å². The van der Waals surface area contributed by atoms with Crippen LogP contribution in [0.4, 0.5) is 10.1 Å². The van der Waals surface area contributed by atoms with Crippen LogP contribution in [0.2, 0.25) is 0 Å². The molecule has 2 rings (SSSR count). The van der Waals surface area contributed by atoms with Gasteiger partial charge in [-0.05, 0) is 24.6 Å². The molecule has 1 unspecified atom stereocenters. The molecule has 1 aromatic carbocycles. The number of carbonyl (C=O) groups excluding carboxylic acids is 3. The van der Waals surface area contributed by atoms with Crippen molar-refractivity contribution in [2.75, 3.05) is 4.90 Å². The summed E-state index contributed by atoms with van der Waals surface area (Å²) in [6, 6.07) is 2.75. The monoisotopic (exact) mass is 265 g/mol. The van der Waals surface area contributed by atoms with Gasteiger partial charge in [0.2, 0.25) is 11.8 Å². The van der Waals surface area contributed by atoms with Crippen molar-refractivity contribution >= 4 is 23.4 Å². The number of carbonyl (C=O) groups is 3. The van der Waals surface area contributed by atoms with Crippen molar-refractivity contribution in [2.24, 2.45) is 11.5 Å². The molecule has 100 valence electrons. The van der Waals surface area contributed by atoms with Crippen LogP contribution >= 0.6 is 0 Å².